The Bertz CT molecular complexity index is 470. The third-order valence-corrected chi connectivity index (χ3v) is 3.04. The predicted octanol–water partition coefficient (Wildman–Crippen LogP) is 3.90. The summed E-state index contributed by atoms with van der Waals surface area (Å²) in [6.07, 6.45) is 0. The predicted molar refractivity (Wildman–Crippen MR) is 69.2 cm³/mol. The molecule has 0 aliphatic heterocycles. The summed E-state index contributed by atoms with van der Waals surface area (Å²) in [5, 5.41) is 7.36. The molecule has 0 saturated carbocycles. The maximum absolute atomic E-state index is 13.1. The molecule has 0 atom stereocenters. The molecule has 1 aromatic carbocycles. The quantitative estimate of drug-likeness (QED) is 0.870. The molecule has 0 amide bonds. The first-order valence-corrected chi connectivity index (χ1v) is 6.41. The van der Waals surface area contributed by atoms with E-state index >= 15 is 0 Å². The van der Waals surface area contributed by atoms with Crippen LogP contribution < -0.4 is 10.1 Å². The number of thiophene rings is 1. The molecular formula is C13H14FNOS. The van der Waals surface area contributed by atoms with Crippen LogP contribution in [0.15, 0.2) is 35.0 Å². The summed E-state index contributed by atoms with van der Waals surface area (Å²) in [5.74, 6) is 0.275. The highest BCUT2D eigenvalue weighted by atomic mass is 32.1. The van der Waals surface area contributed by atoms with Gasteiger partial charge in [-0.3, -0.25) is 0 Å². The highest BCUT2D eigenvalue weighted by Gasteiger charge is 2.04. The van der Waals surface area contributed by atoms with Crippen LogP contribution in [0.5, 0.6) is 5.75 Å². The summed E-state index contributed by atoms with van der Waals surface area (Å²) in [6, 6.07) is 6.59. The van der Waals surface area contributed by atoms with E-state index in [2.05, 4.69) is 16.8 Å². The highest BCUT2D eigenvalue weighted by molar-refractivity contribution is 7.07. The zero-order valence-electron chi connectivity index (χ0n) is 9.57. The van der Waals surface area contributed by atoms with Crippen LogP contribution in [-0.4, -0.2) is 6.61 Å². The number of hydrogen-bond acceptors (Lipinski definition) is 3. The number of anilines is 1. The Hall–Kier alpha value is -1.55. The van der Waals surface area contributed by atoms with Gasteiger partial charge in [0, 0.05) is 12.6 Å². The fraction of sp³-hybridized carbons (Fsp3) is 0.231. The zero-order chi connectivity index (χ0) is 12.1. The largest absolute Gasteiger partial charge is 0.492 e. The van der Waals surface area contributed by atoms with E-state index < -0.39 is 0 Å². The van der Waals surface area contributed by atoms with Crippen LogP contribution in [0.3, 0.4) is 0 Å². The van der Waals surface area contributed by atoms with Crippen LogP contribution in [-0.2, 0) is 6.54 Å². The molecule has 0 radical (unpaired) electrons. The number of benzene rings is 1. The Morgan fingerprint density at radius 3 is 2.94 bits per heavy atom. The molecule has 0 unspecified atom stereocenters. The number of hydrogen-bond donors (Lipinski definition) is 1. The lowest BCUT2D eigenvalue weighted by Crippen LogP contribution is -2.02. The van der Waals surface area contributed by atoms with Gasteiger partial charge in [-0.05, 0) is 41.4 Å². The number of rotatable bonds is 5. The molecule has 1 heterocycles. The van der Waals surface area contributed by atoms with Gasteiger partial charge in [0.2, 0.25) is 0 Å². The molecule has 4 heteroatoms. The van der Waals surface area contributed by atoms with Gasteiger partial charge in [0.15, 0.2) is 0 Å². The fourth-order valence-electron chi connectivity index (χ4n) is 1.51. The van der Waals surface area contributed by atoms with E-state index in [1.165, 1.54) is 17.7 Å². The molecule has 90 valence electrons. The van der Waals surface area contributed by atoms with Crippen molar-refractivity contribution < 1.29 is 9.13 Å². The molecular weight excluding hydrogens is 237 g/mol. The molecule has 1 aromatic heterocycles. The molecule has 17 heavy (non-hydrogen) atoms. The van der Waals surface area contributed by atoms with Gasteiger partial charge in [-0.1, -0.05) is 0 Å². The van der Waals surface area contributed by atoms with Gasteiger partial charge >= 0.3 is 0 Å². The van der Waals surface area contributed by atoms with Crippen molar-refractivity contribution in [1.82, 2.24) is 0 Å². The van der Waals surface area contributed by atoms with Crippen LogP contribution in [0.1, 0.15) is 12.5 Å². The number of halogens is 1. The van der Waals surface area contributed by atoms with E-state index in [4.69, 9.17) is 4.74 Å². The maximum Gasteiger partial charge on any atom is 0.145 e. The van der Waals surface area contributed by atoms with Gasteiger partial charge in [-0.2, -0.15) is 11.3 Å². The fourth-order valence-corrected chi connectivity index (χ4v) is 2.18. The van der Waals surface area contributed by atoms with Gasteiger partial charge in [-0.25, -0.2) is 4.39 Å². The minimum absolute atomic E-state index is 0.283. The average molecular weight is 251 g/mol. The van der Waals surface area contributed by atoms with E-state index in [1.54, 1.807) is 17.4 Å². The lowest BCUT2D eigenvalue weighted by molar-refractivity contribution is 0.340. The Balaban J connectivity index is 2.08. The van der Waals surface area contributed by atoms with Crippen molar-refractivity contribution in [2.45, 2.75) is 13.5 Å². The maximum atomic E-state index is 13.1. The molecule has 0 saturated heterocycles. The van der Waals surface area contributed by atoms with Crippen LogP contribution in [0.2, 0.25) is 0 Å². The van der Waals surface area contributed by atoms with Gasteiger partial charge < -0.3 is 10.1 Å². The SMILES string of the molecule is CCOc1cc(F)ccc1NCc1ccsc1. The summed E-state index contributed by atoms with van der Waals surface area (Å²) >= 11 is 1.66. The van der Waals surface area contributed by atoms with E-state index in [1.807, 2.05) is 12.3 Å². The van der Waals surface area contributed by atoms with E-state index in [-0.39, 0.29) is 5.82 Å². The second kappa shape index (κ2) is 5.68. The van der Waals surface area contributed by atoms with Gasteiger partial charge in [0.1, 0.15) is 11.6 Å². The normalized spacial score (nSPS) is 10.2. The van der Waals surface area contributed by atoms with Gasteiger partial charge in [-0.15, -0.1) is 0 Å². The van der Waals surface area contributed by atoms with Crippen molar-refractivity contribution in [3.8, 4) is 5.75 Å². The minimum Gasteiger partial charge on any atom is -0.492 e. The first-order valence-electron chi connectivity index (χ1n) is 5.47. The molecule has 2 rings (SSSR count). The van der Waals surface area contributed by atoms with Crippen LogP contribution in [0.25, 0.3) is 0 Å². The van der Waals surface area contributed by atoms with Crippen LogP contribution >= 0.6 is 11.3 Å². The summed E-state index contributed by atoms with van der Waals surface area (Å²) in [7, 11) is 0. The minimum atomic E-state index is -0.283. The van der Waals surface area contributed by atoms with Crippen molar-refractivity contribution in [2.24, 2.45) is 0 Å². The second-order valence-electron chi connectivity index (χ2n) is 3.56. The van der Waals surface area contributed by atoms with E-state index in [0.29, 0.717) is 12.4 Å². The Kier molecular flexibility index (Phi) is 3.98. The zero-order valence-corrected chi connectivity index (χ0v) is 10.4. The monoisotopic (exact) mass is 251 g/mol. The molecule has 2 nitrogen and oxygen atoms in total. The van der Waals surface area contributed by atoms with Crippen molar-refractivity contribution in [3.63, 3.8) is 0 Å². The molecule has 0 bridgehead atoms. The van der Waals surface area contributed by atoms with Crippen molar-refractivity contribution >= 4 is 17.0 Å². The third kappa shape index (κ3) is 3.20. The van der Waals surface area contributed by atoms with E-state index in [9.17, 15) is 4.39 Å². The first kappa shape index (κ1) is 11.9. The van der Waals surface area contributed by atoms with Crippen LogP contribution in [0, 0.1) is 5.82 Å². The standard InChI is InChI=1S/C13H14FNOS/c1-2-16-13-7-11(14)3-4-12(13)15-8-10-5-6-17-9-10/h3-7,9,15H,2,8H2,1H3. The summed E-state index contributed by atoms with van der Waals surface area (Å²) in [6.45, 7) is 3.12. The molecule has 1 N–H and O–H groups in total. The number of ether oxygens (including phenoxy) is 1. The topological polar surface area (TPSA) is 21.3 Å². The summed E-state index contributed by atoms with van der Waals surface area (Å²) in [4.78, 5) is 0. The van der Waals surface area contributed by atoms with Gasteiger partial charge in [0.05, 0.1) is 12.3 Å². The second-order valence-corrected chi connectivity index (χ2v) is 4.34. The Labute approximate surface area is 104 Å². The first-order chi connectivity index (χ1) is 8.29. The van der Waals surface area contributed by atoms with Gasteiger partial charge in [0.25, 0.3) is 0 Å². The highest BCUT2D eigenvalue weighted by Crippen LogP contribution is 2.26. The molecule has 2 aromatic rings. The molecule has 0 aliphatic rings. The average Bonchev–Trinajstić information content (AvgIpc) is 2.81. The molecule has 0 aliphatic carbocycles. The summed E-state index contributed by atoms with van der Waals surface area (Å²) in [5.41, 5.74) is 2.03. The Morgan fingerprint density at radius 2 is 2.24 bits per heavy atom. The van der Waals surface area contributed by atoms with Crippen molar-refractivity contribution in [1.29, 1.82) is 0 Å². The van der Waals surface area contributed by atoms with E-state index in [0.717, 1.165) is 12.2 Å². The van der Waals surface area contributed by atoms with Crippen LogP contribution in [0.4, 0.5) is 10.1 Å². The third-order valence-electron chi connectivity index (χ3n) is 2.31. The lowest BCUT2D eigenvalue weighted by atomic mass is 10.2. The molecule has 0 spiro atoms. The molecule has 0 fully saturated rings. The lowest BCUT2D eigenvalue weighted by Gasteiger charge is -2.11. The smallest absolute Gasteiger partial charge is 0.145 e. The van der Waals surface area contributed by atoms with Crippen molar-refractivity contribution in [2.75, 3.05) is 11.9 Å². The summed E-state index contributed by atoms with van der Waals surface area (Å²) < 4.78 is 18.5. The number of nitrogens with one attached hydrogen (secondary N) is 1. The van der Waals surface area contributed by atoms with Crippen molar-refractivity contribution in [3.05, 3.63) is 46.4 Å². The Morgan fingerprint density at radius 1 is 1.35 bits per heavy atom.